The molecular weight excluding hydrogens is 244 g/mol. The van der Waals surface area contributed by atoms with Gasteiger partial charge in [0.25, 0.3) is 0 Å². The van der Waals surface area contributed by atoms with E-state index in [2.05, 4.69) is 16.0 Å². The lowest BCUT2D eigenvalue weighted by Gasteiger charge is -2.05. The maximum absolute atomic E-state index is 9.07. The van der Waals surface area contributed by atoms with E-state index < -0.39 is 0 Å². The monoisotopic (exact) mass is 256 g/mol. The van der Waals surface area contributed by atoms with Crippen LogP contribution >= 0.6 is 11.8 Å². The second kappa shape index (κ2) is 5.07. The van der Waals surface area contributed by atoms with Gasteiger partial charge in [-0.3, -0.25) is 0 Å². The molecule has 2 rings (SSSR count). The third kappa shape index (κ3) is 2.79. The molecule has 2 aromatic rings. The number of anilines is 1. The Hall–Kier alpha value is -2.06. The van der Waals surface area contributed by atoms with Crippen LogP contribution < -0.4 is 5.73 Å². The van der Waals surface area contributed by atoms with Gasteiger partial charge in [0.15, 0.2) is 5.16 Å². The third-order valence-electron chi connectivity index (χ3n) is 2.29. The first-order valence-electron chi connectivity index (χ1n) is 5.38. The molecule has 0 amide bonds. The molecular formula is C13H12N4S. The van der Waals surface area contributed by atoms with E-state index in [0.29, 0.717) is 16.4 Å². The van der Waals surface area contributed by atoms with Crippen LogP contribution in [0.2, 0.25) is 0 Å². The van der Waals surface area contributed by atoms with Crippen LogP contribution in [0.4, 0.5) is 5.69 Å². The molecule has 2 N–H and O–H groups in total. The summed E-state index contributed by atoms with van der Waals surface area (Å²) in [5.41, 5.74) is 8.61. The predicted molar refractivity (Wildman–Crippen MR) is 71.2 cm³/mol. The summed E-state index contributed by atoms with van der Waals surface area (Å²) in [5.74, 6) is 0. The van der Waals surface area contributed by atoms with E-state index in [9.17, 15) is 0 Å². The lowest BCUT2D eigenvalue weighted by atomic mass is 10.2. The van der Waals surface area contributed by atoms with Crippen LogP contribution in [-0.4, -0.2) is 9.97 Å². The van der Waals surface area contributed by atoms with E-state index >= 15 is 0 Å². The minimum absolute atomic E-state index is 0.544. The molecule has 5 heteroatoms. The van der Waals surface area contributed by atoms with Crippen molar-refractivity contribution in [2.75, 3.05) is 5.73 Å². The maximum atomic E-state index is 9.07. The smallest absolute Gasteiger partial charge is 0.192 e. The van der Waals surface area contributed by atoms with Gasteiger partial charge in [0.2, 0.25) is 0 Å². The van der Waals surface area contributed by atoms with Gasteiger partial charge in [0.1, 0.15) is 6.07 Å². The zero-order valence-electron chi connectivity index (χ0n) is 10.1. The van der Waals surface area contributed by atoms with Gasteiger partial charge in [-0.15, -0.1) is 0 Å². The van der Waals surface area contributed by atoms with Crippen molar-refractivity contribution in [2.45, 2.75) is 23.9 Å². The second-order valence-electron chi connectivity index (χ2n) is 3.90. The van der Waals surface area contributed by atoms with E-state index in [0.717, 1.165) is 16.3 Å². The molecule has 0 aliphatic heterocycles. The number of aromatic nitrogens is 2. The van der Waals surface area contributed by atoms with E-state index in [1.165, 1.54) is 11.8 Å². The number of hydrogen-bond donors (Lipinski definition) is 1. The number of nitriles is 1. The van der Waals surface area contributed by atoms with Crippen LogP contribution in [0.25, 0.3) is 0 Å². The first kappa shape index (κ1) is 12.4. The van der Waals surface area contributed by atoms with Crippen molar-refractivity contribution in [1.29, 1.82) is 5.26 Å². The SMILES string of the molecule is Cc1cc(C)nc(Sc2ccc(N)cc2C#N)n1. The number of benzene rings is 1. The van der Waals surface area contributed by atoms with E-state index in [-0.39, 0.29) is 0 Å². The molecule has 0 radical (unpaired) electrons. The Balaban J connectivity index is 2.37. The fraction of sp³-hybridized carbons (Fsp3) is 0.154. The Labute approximate surface area is 110 Å². The largest absolute Gasteiger partial charge is 0.399 e. The molecule has 0 spiro atoms. The van der Waals surface area contributed by atoms with Crippen molar-refractivity contribution >= 4 is 17.4 Å². The Bertz CT molecular complexity index is 611. The summed E-state index contributed by atoms with van der Waals surface area (Å²) in [6, 6.07) is 9.29. The molecule has 4 nitrogen and oxygen atoms in total. The van der Waals surface area contributed by atoms with Crippen LogP contribution in [0.3, 0.4) is 0 Å². The number of nitrogens with two attached hydrogens (primary N) is 1. The summed E-state index contributed by atoms with van der Waals surface area (Å²) in [5, 5.41) is 9.72. The second-order valence-corrected chi connectivity index (χ2v) is 4.91. The molecule has 0 atom stereocenters. The lowest BCUT2D eigenvalue weighted by Crippen LogP contribution is -1.94. The standard InChI is InChI=1S/C13H12N4S/c1-8-5-9(2)17-13(16-8)18-12-4-3-11(15)6-10(12)7-14/h3-6H,15H2,1-2H3. The molecule has 1 heterocycles. The Kier molecular flexibility index (Phi) is 3.49. The number of aryl methyl sites for hydroxylation is 2. The lowest BCUT2D eigenvalue weighted by molar-refractivity contribution is 0.902. The van der Waals surface area contributed by atoms with E-state index in [1.54, 1.807) is 12.1 Å². The van der Waals surface area contributed by atoms with Crippen molar-refractivity contribution in [3.8, 4) is 6.07 Å². The molecule has 1 aromatic carbocycles. The van der Waals surface area contributed by atoms with Gasteiger partial charge in [0, 0.05) is 22.0 Å². The Morgan fingerprint density at radius 3 is 2.44 bits per heavy atom. The summed E-state index contributed by atoms with van der Waals surface area (Å²) < 4.78 is 0. The summed E-state index contributed by atoms with van der Waals surface area (Å²) in [6.45, 7) is 3.85. The first-order chi connectivity index (χ1) is 8.58. The van der Waals surface area contributed by atoms with Crippen LogP contribution in [-0.2, 0) is 0 Å². The highest BCUT2D eigenvalue weighted by Crippen LogP contribution is 2.29. The zero-order valence-corrected chi connectivity index (χ0v) is 11.0. The molecule has 0 saturated heterocycles. The maximum Gasteiger partial charge on any atom is 0.192 e. The predicted octanol–water partition coefficient (Wildman–Crippen LogP) is 2.70. The molecule has 0 aliphatic carbocycles. The number of nitrogen functional groups attached to an aromatic ring is 1. The van der Waals surface area contributed by atoms with Gasteiger partial charge in [-0.05, 0) is 49.9 Å². The molecule has 0 saturated carbocycles. The van der Waals surface area contributed by atoms with E-state index in [4.69, 9.17) is 11.0 Å². The quantitative estimate of drug-likeness (QED) is 0.660. The minimum atomic E-state index is 0.544. The Morgan fingerprint density at radius 1 is 1.17 bits per heavy atom. The van der Waals surface area contributed by atoms with Gasteiger partial charge < -0.3 is 5.73 Å². The number of hydrogen-bond acceptors (Lipinski definition) is 5. The molecule has 18 heavy (non-hydrogen) atoms. The molecule has 0 bridgehead atoms. The van der Waals surface area contributed by atoms with Crippen molar-refractivity contribution in [1.82, 2.24) is 9.97 Å². The number of rotatable bonds is 2. The van der Waals surface area contributed by atoms with Gasteiger partial charge in [-0.25, -0.2) is 9.97 Å². The highest BCUT2D eigenvalue weighted by atomic mass is 32.2. The van der Waals surface area contributed by atoms with Crippen molar-refractivity contribution in [3.63, 3.8) is 0 Å². The average molecular weight is 256 g/mol. The van der Waals surface area contributed by atoms with Crippen LogP contribution in [0.1, 0.15) is 17.0 Å². The molecule has 1 aromatic heterocycles. The van der Waals surface area contributed by atoms with Gasteiger partial charge in [-0.2, -0.15) is 5.26 Å². The van der Waals surface area contributed by atoms with Crippen molar-refractivity contribution < 1.29 is 0 Å². The molecule has 0 fully saturated rings. The average Bonchev–Trinajstić information content (AvgIpc) is 2.30. The van der Waals surface area contributed by atoms with E-state index in [1.807, 2.05) is 26.0 Å². The fourth-order valence-electron chi connectivity index (χ4n) is 1.56. The normalized spacial score (nSPS) is 10.1. The highest BCUT2D eigenvalue weighted by Gasteiger charge is 2.07. The highest BCUT2D eigenvalue weighted by molar-refractivity contribution is 7.99. The fourth-order valence-corrected chi connectivity index (χ4v) is 2.49. The van der Waals surface area contributed by atoms with Crippen LogP contribution in [0.15, 0.2) is 34.3 Å². The van der Waals surface area contributed by atoms with Crippen LogP contribution in [0.5, 0.6) is 0 Å². The molecule has 0 aliphatic rings. The van der Waals surface area contributed by atoms with Crippen molar-refractivity contribution in [3.05, 3.63) is 41.2 Å². The Morgan fingerprint density at radius 2 is 1.83 bits per heavy atom. The summed E-state index contributed by atoms with van der Waals surface area (Å²) >= 11 is 1.38. The van der Waals surface area contributed by atoms with Crippen molar-refractivity contribution in [2.24, 2.45) is 0 Å². The number of nitrogens with zero attached hydrogens (tertiary/aromatic N) is 3. The zero-order chi connectivity index (χ0) is 13.1. The molecule has 90 valence electrons. The van der Waals surface area contributed by atoms with Gasteiger partial charge in [0.05, 0.1) is 5.56 Å². The van der Waals surface area contributed by atoms with Crippen LogP contribution in [0, 0.1) is 25.2 Å². The summed E-state index contributed by atoms with van der Waals surface area (Å²) in [6.07, 6.45) is 0. The molecule has 0 unspecified atom stereocenters. The third-order valence-corrected chi connectivity index (χ3v) is 3.23. The minimum Gasteiger partial charge on any atom is -0.399 e. The first-order valence-corrected chi connectivity index (χ1v) is 6.20. The van der Waals surface area contributed by atoms with Gasteiger partial charge in [-0.1, -0.05) is 0 Å². The topological polar surface area (TPSA) is 75.6 Å². The summed E-state index contributed by atoms with van der Waals surface area (Å²) in [4.78, 5) is 9.49. The summed E-state index contributed by atoms with van der Waals surface area (Å²) in [7, 11) is 0. The van der Waals surface area contributed by atoms with Gasteiger partial charge >= 0.3 is 0 Å².